The Morgan fingerprint density at radius 3 is 2.70 bits per heavy atom. The van der Waals surface area contributed by atoms with Crippen molar-refractivity contribution in [2.45, 2.75) is 19.9 Å². The zero-order chi connectivity index (χ0) is 13.7. The first-order chi connectivity index (χ1) is 9.22. The first kappa shape index (κ1) is 17.0. The number of rotatable bonds is 4. The van der Waals surface area contributed by atoms with Crippen LogP contribution in [-0.2, 0) is 4.79 Å². The highest BCUT2D eigenvalue weighted by molar-refractivity contribution is 5.94. The fraction of sp³-hybridized carbons (Fsp3) is 0.533. The van der Waals surface area contributed by atoms with Crippen LogP contribution in [0, 0.1) is 0 Å². The molecule has 0 aromatic heterocycles. The van der Waals surface area contributed by atoms with Crippen LogP contribution in [0.3, 0.4) is 0 Å². The van der Waals surface area contributed by atoms with Crippen molar-refractivity contribution >= 4 is 24.0 Å². The van der Waals surface area contributed by atoms with Crippen LogP contribution in [0.15, 0.2) is 30.3 Å². The van der Waals surface area contributed by atoms with Crippen molar-refractivity contribution in [2.75, 3.05) is 37.6 Å². The van der Waals surface area contributed by atoms with E-state index < -0.39 is 0 Å². The zero-order valence-corrected chi connectivity index (χ0v) is 13.0. The Balaban J connectivity index is 0.00000200. The first-order valence-corrected chi connectivity index (χ1v) is 7.02. The highest BCUT2D eigenvalue weighted by Crippen LogP contribution is 2.14. The highest BCUT2D eigenvalue weighted by Gasteiger charge is 2.23. The van der Waals surface area contributed by atoms with Gasteiger partial charge in [-0.25, -0.2) is 0 Å². The van der Waals surface area contributed by atoms with Crippen LogP contribution in [0.25, 0.3) is 0 Å². The monoisotopic (exact) mass is 297 g/mol. The summed E-state index contributed by atoms with van der Waals surface area (Å²) in [5.74, 6) is 0.183. The molecule has 0 radical (unpaired) electrons. The quantitative estimate of drug-likeness (QED) is 0.920. The second kappa shape index (κ2) is 8.25. The Bertz CT molecular complexity index is 413. The minimum Gasteiger partial charge on any atom is -0.314 e. The minimum absolute atomic E-state index is 0. The van der Waals surface area contributed by atoms with E-state index in [-0.39, 0.29) is 18.3 Å². The van der Waals surface area contributed by atoms with Crippen LogP contribution in [-0.4, -0.2) is 49.6 Å². The van der Waals surface area contributed by atoms with Gasteiger partial charge in [-0.1, -0.05) is 18.2 Å². The van der Waals surface area contributed by atoms with Gasteiger partial charge >= 0.3 is 0 Å². The number of nitrogens with one attached hydrogen (secondary N) is 1. The van der Waals surface area contributed by atoms with Crippen LogP contribution < -0.4 is 10.2 Å². The molecule has 4 nitrogen and oxygen atoms in total. The highest BCUT2D eigenvalue weighted by atomic mass is 35.5. The van der Waals surface area contributed by atoms with E-state index in [2.05, 4.69) is 17.1 Å². The molecule has 1 aromatic rings. The summed E-state index contributed by atoms with van der Waals surface area (Å²) in [6.45, 7) is 8.28. The van der Waals surface area contributed by atoms with Crippen molar-refractivity contribution in [1.82, 2.24) is 10.2 Å². The van der Waals surface area contributed by atoms with Gasteiger partial charge in [0, 0.05) is 37.9 Å². The lowest BCUT2D eigenvalue weighted by Crippen LogP contribution is -2.53. The van der Waals surface area contributed by atoms with E-state index in [0.29, 0.717) is 19.1 Å². The number of carbonyl (C=O) groups is 1. The number of carbonyl (C=O) groups excluding carboxylic acids is 1. The molecule has 1 aliphatic heterocycles. The number of likely N-dealkylation sites (N-methyl/N-ethyl adjacent to an activating group) is 1. The number of para-hydroxylation sites is 1. The molecule has 0 unspecified atom stereocenters. The van der Waals surface area contributed by atoms with Crippen LogP contribution >= 0.6 is 12.4 Å². The molecule has 1 heterocycles. The van der Waals surface area contributed by atoms with Gasteiger partial charge in [0.05, 0.1) is 6.54 Å². The summed E-state index contributed by atoms with van der Waals surface area (Å²) in [6.07, 6.45) is 0. The molecule has 1 aromatic carbocycles. The van der Waals surface area contributed by atoms with Crippen LogP contribution in [0.5, 0.6) is 0 Å². The summed E-state index contributed by atoms with van der Waals surface area (Å²) >= 11 is 0. The number of benzene rings is 1. The minimum atomic E-state index is 0. The third-order valence-electron chi connectivity index (χ3n) is 3.66. The number of anilines is 1. The zero-order valence-electron chi connectivity index (χ0n) is 12.2. The maximum absolute atomic E-state index is 12.5. The fourth-order valence-corrected chi connectivity index (χ4v) is 2.49. The Labute approximate surface area is 127 Å². The lowest BCUT2D eigenvalue weighted by Gasteiger charge is -2.34. The average Bonchev–Trinajstić information content (AvgIpc) is 2.43. The van der Waals surface area contributed by atoms with Gasteiger partial charge in [0.15, 0.2) is 0 Å². The second-order valence-electron chi connectivity index (χ2n) is 5.00. The van der Waals surface area contributed by atoms with E-state index in [1.165, 1.54) is 0 Å². The maximum Gasteiger partial charge on any atom is 0.241 e. The van der Waals surface area contributed by atoms with Gasteiger partial charge in [0.2, 0.25) is 5.91 Å². The summed E-state index contributed by atoms with van der Waals surface area (Å²) in [4.78, 5) is 16.6. The molecule has 1 saturated heterocycles. The topological polar surface area (TPSA) is 35.6 Å². The normalized spacial score (nSPS) is 19.2. The number of hydrogen-bond acceptors (Lipinski definition) is 3. The van der Waals surface area contributed by atoms with Gasteiger partial charge in [0.25, 0.3) is 0 Å². The number of piperazine rings is 1. The predicted octanol–water partition coefficient (Wildman–Crippen LogP) is 1.75. The van der Waals surface area contributed by atoms with Crippen LogP contribution in [0.2, 0.25) is 0 Å². The molecule has 1 aliphatic rings. The van der Waals surface area contributed by atoms with Crippen molar-refractivity contribution in [3.8, 4) is 0 Å². The van der Waals surface area contributed by atoms with E-state index in [4.69, 9.17) is 0 Å². The van der Waals surface area contributed by atoms with Crippen molar-refractivity contribution in [3.05, 3.63) is 30.3 Å². The summed E-state index contributed by atoms with van der Waals surface area (Å²) < 4.78 is 0. The van der Waals surface area contributed by atoms with Crippen LogP contribution in [0.4, 0.5) is 5.69 Å². The SMILES string of the molecule is CCN(C(=O)CN1CCNC[C@@H]1C)c1ccccc1.Cl. The number of halogens is 1. The standard InChI is InChI=1S/C15H23N3O.ClH/c1-3-18(14-7-5-4-6-8-14)15(19)12-17-10-9-16-11-13(17)2;/h4-8,13,16H,3,9-12H2,1-2H3;1H/t13-;/m0./s1. The third-order valence-corrected chi connectivity index (χ3v) is 3.66. The van der Waals surface area contributed by atoms with Crippen LogP contribution in [0.1, 0.15) is 13.8 Å². The number of hydrogen-bond donors (Lipinski definition) is 1. The van der Waals surface area contributed by atoms with E-state index in [1.807, 2.05) is 42.2 Å². The number of amides is 1. The molecule has 20 heavy (non-hydrogen) atoms. The Hall–Kier alpha value is -1.10. The van der Waals surface area contributed by atoms with Crippen molar-refractivity contribution in [3.63, 3.8) is 0 Å². The molecule has 112 valence electrons. The largest absolute Gasteiger partial charge is 0.314 e. The van der Waals surface area contributed by atoms with E-state index in [1.54, 1.807) is 0 Å². The molecular weight excluding hydrogens is 274 g/mol. The fourth-order valence-electron chi connectivity index (χ4n) is 2.49. The molecule has 1 amide bonds. The van der Waals surface area contributed by atoms with E-state index in [0.717, 1.165) is 25.3 Å². The maximum atomic E-state index is 12.5. The molecule has 0 bridgehead atoms. The van der Waals surface area contributed by atoms with Gasteiger partial charge in [-0.3, -0.25) is 9.69 Å². The van der Waals surface area contributed by atoms with Gasteiger partial charge in [-0.05, 0) is 26.0 Å². The first-order valence-electron chi connectivity index (χ1n) is 7.02. The summed E-state index contributed by atoms with van der Waals surface area (Å²) in [5.41, 5.74) is 0.984. The molecule has 2 rings (SSSR count). The molecule has 5 heteroatoms. The average molecular weight is 298 g/mol. The lowest BCUT2D eigenvalue weighted by atomic mass is 10.2. The van der Waals surface area contributed by atoms with Gasteiger partial charge < -0.3 is 10.2 Å². The third kappa shape index (κ3) is 4.20. The molecule has 1 N–H and O–H groups in total. The van der Waals surface area contributed by atoms with Crippen molar-refractivity contribution < 1.29 is 4.79 Å². The van der Waals surface area contributed by atoms with Gasteiger partial charge in [-0.15, -0.1) is 12.4 Å². The molecule has 0 aliphatic carbocycles. The second-order valence-corrected chi connectivity index (χ2v) is 5.00. The summed E-state index contributed by atoms with van der Waals surface area (Å²) in [5, 5.41) is 3.35. The van der Waals surface area contributed by atoms with E-state index >= 15 is 0 Å². The Kier molecular flexibility index (Phi) is 6.99. The van der Waals surface area contributed by atoms with Gasteiger partial charge in [0.1, 0.15) is 0 Å². The molecule has 0 saturated carbocycles. The van der Waals surface area contributed by atoms with E-state index in [9.17, 15) is 4.79 Å². The molecule has 0 spiro atoms. The predicted molar refractivity (Wildman–Crippen MR) is 85.6 cm³/mol. The van der Waals surface area contributed by atoms with Crippen molar-refractivity contribution in [1.29, 1.82) is 0 Å². The smallest absolute Gasteiger partial charge is 0.241 e. The molecule has 1 atom stereocenters. The lowest BCUT2D eigenvalue weighted by molar-refractivity contribution is -0.120. The van der Waals surface area contributed by atoms with Crippen molar-refractivity contribution in [2.24, 2.45) is 0 Å². The van der Waals surface area contributed by atoms with Gasteiger partial charge in [-0.2, -0.15) is 0 Å². The molecule has 1 fully saturated rings. The Morgan fingerprint density at radius 2 is 2.10 bits per heavy atom. The summed E-state index contributed by atoms with van der Waals surface area (Å²) in [6, 6.07) is 10.3. The molecular formula is C15H24ClN3O. The Morgan fingerprint density at radius 1 is 1.40 bits per heavy atom. The summed E-state index contributed by atoms with van der Waals surface area (Å²) in [7, 11) is 0. The number of nitrogens with zero attached hydrogens (tertiary/aromatic N) is 2.